The number of anilines is 1. The maximum absolute atomic E-state index is 14.5. The van der Waals surface area contributed by atoms with Crippen molar-refractivity contribution in [1.29, 1.82) is 0 Å². The van der Waals surface area contributed by atoms with Crippen LogP contribution in [-0.2, 0) is 22.9 Å². The van der Waals surface area contributed by atoms with Crippen molar-refractivity contribution in [2.45, 2.75) is 57.7 Å². The molecule has 0 N–H and O–H groups in total. The molecule has 5 aliphatic rings. The molecule has 2 aromatic heterocycles. The Morgan fingerprint density at radius 3 is 2.54 bits per heavy atom. The molecule has 0 aliphatic carbocycles. The monoisotopic (exact) mass is 663 g/mol. The lowest BCUT2D eigenvalue weighted by Gasteiger charge is -2.54. The van der Waals surface area contributed by atoms with Crippen LogP contribution in [0, 0.1) is 17.8 Å². The molecule has 1 spiro atoms. The number of aromatic nitrogens is 2. The van der Waals surface area contributed by atoms with Gasteiger partial charge in [-0.1, -0.05) is 25.5 Å². The summed E-state index contributed by atoms with van der Waals surface area (Å²) in [5.41, 5.74) is 2.41. The van der Waals surface area contributed by atoms with E-state index in [-0.39, 0.29) is 29.2 Å². The summed E-state index contributed by atoms with van der Waals surface area (Å²) in [6.45, 7) is 9.17. The molecule has 5 aliphatic heterocycles. The lowest BCUT2D eigenvalue weighted by Crippen LogP contribution is -2.61. The summed E-state index contributed by atoms with van der Waals surface area (Å²) in [6.07, 6.45) is 0.551. The Morgan fingerprint density at radius 2 is 1.85 bits per heavy atom. The zero-order chi connectivity index (χ0) is 33.6. The van der Waals surface area contributed by atoms with Gasteiger partial charge < -0.3 is 24.2 Å². The molecular weight excluding hydrogens is 619 g/mol. The van der Waals surface area contributed by atoms with Crippen molar-refractivity contribution in [3.05, 3.63) is 65.5 Å². The number of hydrogen-bond donors (Lipinski definition) is 0. The fraction of sp³-hybridized carbons (Fsp3) is 0.541. The Kier molecular flexibility index (Phi) is 8.76. The van der Waals surface area contributed by atoms with Crippen LogP contribution in [0.5, 0.6) is 11.6 Å². The van der Waals surface area contributed by atoms with Crippen molar-refractivity contribution in [1.82, 2.24) is 19.8 Å². The van der Waals surface area contributed by atoms with E-state index in [1.165, 1.54) is 13.2 Å². The summed E-state index contributed by atoms with van der Waals surface area (Å²) in [7, 11) is 1.28. The first kappa shape index (κ1) is 32.7. The van der Waals surface area contributed by atoms with Crippen molar-refractivity contribution >= 4 is 11.6 Å². The van der Waals surface area contributed by atoms with Crippen molar-refractivity contribution in [3.8, 4) is 22.9 Å². The molecule has 8 rings (SSSR count). The second-order valence-electron chi connectivity index (χ2n) is 13.7. The van der Waals surface area contributed by atoms with Gasteiger partial charge in [-0.15, -0.1) is 0 Å². The van der Waals surface area contributed by atoms with Crippen LogP contribution < -0.4 is 14.4 Å². The van der Waals surface area contributed by atoms with Gasteiger partial charge in [0.25, 0.3) is 0 Å². The van der Waals surface area contributed by atoms with Crippen LogP contribution in [0.4, 0.5) is 18.9 Å². The minimum atomic E-state index is -4.57. The molecule has 2 bridgehead atoms. The van der Waals surface area contributed by atoms with Gasteiger partial charge in [0.05, 0.1) is 48.8 Å². The fourth-order valence-corrected chi connectivity index (χ4v) is 8.97. The van der Waals surface area contributed by atoms with E-state index in [0.29, 0.717) is 51.0 Å². The van der Waals surface area contributed by atoms with Crippen LogP contribution in [0.15, 0.2) is 48.7 Å². The Bertz CT molecular complexity index is 1660. The Morgan fingerprint density at radius 1 is 1.04 bits per heavy atom. The van der Waals surface area contributed by atoms with E-state index in [2.05, 4.69) is 22.9 Å². The third kappa shape index (κ3) is 5.67. The van der Waals surface area contributed by atoms with Gasteiger partial charge in [-0.2, -0.15) is 13.2 Å². The van der Waals surface area contributed by atoms with Crippen LogP contribution in [0.2, 0.25) is 0 Å². The highest BCUT2D eigenvalue weighted by Crippen LogP contribution is 2.50. The number of nitrogens with zero attached hydrogens (tertiary/aromatic N) is 5. The zero-order valence-corrected chi connectivity index (χ0v) is 27.9. The Labute approximate surface area is 280 Å². The molecule has 8 nitrogen and oxygen atoms in total. The highest BCUT2D eigenvalue weighted by molar-refractivity contribution is 5.80. The number of fused-ring (bicyclic) bond motifs is 5. The number of pyridine rings is 2. The second-order valence-corrected chi connectivity index (χ2v) is 13.7. The minimum absolute atomic E-state index is 0.0236. The van der Waals surface area contributed by atoms with Crippen molar-refractivity contribution in [3.63, 3.8) is 0 Å². The summed E-state index contributed by atoms with van der Waals surface area (Å²) >= 11 is 0. The highest BCUT2D eigenvalue weighted by Gasteiger charge is 2.52. The topological polar surface area (TPSA) is 71.0 Å². The number of hydrogen-bond acceptors (Lipinski definition) is 7. The Hall–Kier alpha value is -3.86. The molecule has 48 heavy (non-hydrogen) atoms. The number of rotatable bonds is 7. The number of carbonyl (C=O) groups excluding carboxylic acids is 1. The summed E-state index contributed by atoms with van der Waals surface area (Å²) in [6, 6.07) is 12.5. The van der Waals surface area contributed by atoms with Crippen molar-refractivity contribution in [2.75, 3.05) is 57.9 Å². The fourth-order valence-electron chi connectivity index (χ4n) is 8.97. The van der Waals surface area contributed by atoms with Crippen molar-refractivity contribution < 1.29 is 27.4 Å². The third-order valence-corrected chi connectivity index (χ3v) is 11.3. The molecule has 4 fully saturated rings. The van der Waals surface area contributed by atoms with E-state index in [0.717, 1.165) is 61.4 Å². The lowest BCUT2D eigenvalue weighted by atomic mass is 9.62. The van der Waals surface area contributed by atoms with E-state index in [1.54, 1.807) is 18.3 Å². The van der Waals surface area contributed by atoms with E-state index in [1.807, 2.05) is 34.9 Å². The first-order valence-corrected chi connectivity index (χ1v) is 17.3. The molecule has 4 saturated heterocycles. The van der Waals surface area contributed by atoms with Crippen LogP contribution in [-0.4, -0.2) is 78.7 Å². The molecule has 1 aromatic carbocycles. The van der Waals surface area contributed by atoms with Crippen LogP contribution in [0.1, 0.15) is 56.4 Å². The van der Waals surface area contributed by atoms with Gasteiger partial charge in [0, 0.05) is 37.8 Å². The molecule has 0 radical (unpaired) electrons. The molecule has 256 valence electrons. The van der Waals surface area contributed by atoms with Gasteiger partial charge in [-0.05, 0) is 87.0 Å². The molecule has 7 heterocycles. The van der Waals surface area contributed by atoms with Crippen LogP contribution >= 0.6 is 0 Å². The average molecular weight is 664 g/mol. The largest absolute Gasteiger partial charge is 0.496 e. The first-order valence-electron chi connectivity index (χ1n) is 17.3. The van der Waals surface area contributed by atoms with Gasteiger partial charge >= 0.3 is 6.18 Å². The number of carbonyl (C=O) groups is 1. The molecule has 1 unspecified atom stereocenters. The van der Waals surface area contributed by atoms with Gasteiger partial charge in [0.2, 0.25) is 11.8 Å². The van der Waals surface area contributed by atoms with Crippen molar-refractivity contribution in [2.24, 2.45) is 17.8 Å². The standard InChI is InChI=1S/C37H44F3N5O3/c1-4-25-20-44(31-9-6-10-32(47-3)33(31)37(38,39)40)19-15-36(25)23-45(35(46)27-21-43-17-13-24(27)14-18-43)22-30-28(36)11-12-29(42-30)26-8-7-16-41-34(26)48-5-2/h6-12,16,24-25,27H,4-5,13-15,17-23H2,1-3H3/t25-,27?,36+/m1/s1. The number of benzene rings is 1. The number of ether oxygens (including phenoxy) is 2. The summed E-state index contributed by atoms with van der Waals surface area (Å²) < 4.78 is 54.3. The Balaban J connectivity index is 1.29. The maximum Gasteiger partial charge on any atom is 0.421 e. The van der Waals surface area contributed by atoms with Crippen LogP contribution in [0.3, 0.4) is 0 Å². The van der Waals surface area contributed by atoms with Crippen LogP contribution in [0.25, 0.3) is 11.3 Å². The molecule has 0 saturated carbocycles. The lowest BCUT2D eigenvalue weighted by molar-refractivity contribution is -0.145. The number of halogens is 3. The van der Waals surface area contributed by atoms with Gasteiger partial charge in [0.15, 0.2) is 0 Å². The highest BCUT2D eigenvalue weighted by atomic mass is 19.4. The number of alkyl halides is 3. The van der Waals surface area contributed by atoms with Gasteiger partial charge in [0.1, 0.15) is 11.3 Å². The predicted molar refractivity (Wildman–Crippen MR) is 177 cm³/mol. The quantitative estimate of drug-likeness (QED) is 0.289. The molecule has 3 aromatic rings. The SMILES string of the molecule is CCOc1ncccc1-c1ccc2c(n1)CN(C(=O)C1CN3CCC1CC3)C[C@]21CCN(c2cccc(OC)c2C(F)(F)F)C[C@H]1CC. The van der Waals surface area contributed by atoms with E-state index in [4.69, 9.17) is 14.5 Å². The van der Waals surface area contributed by atoms with Gasteiger partial charge in [-0.3, -0.25) is 9.78 Å². The molecular formula is C37H44F3N5O3. The zero-order valence-electron chi connectivity index (χ0n) is 27.9. The summed E-state index contributed by atoms with van der Waals surface area (Å²) in [5.74, 6) is 0.845. The summed E-state index contributed by atoms with van der Waals surface area (Å²) in [4.78, 5) is 30.4. The second kappa shape index (κ2) is 12.9. The average Bonchev–Trinajstić information content (AvgIpc) is 3.11. The maximum atomic E-state index is 14.5. The smallest absolute Gasteiger partial charge is 0.421 e. The third-order valence-electron chi connectivity index (χ3n) is 11.3. The number of methoxy groups -OCH3 is 1. The van der Waals surface area contributed by atoms with Gasteiger partial charge in [-0.25, -0.2) is 4.98 Å². The molecule has 3 atom stereocenters. The predicted octanol–water partition coefficient (Wildman–Crippen LogP) is 6.43. The summed E-state index contributed by atoms with van der Waals surface area (Å²) in [5, 5.41) is 0. The van der Waals surface area contributed by atoms with E-state index in [9.17, 15) is 18.0 Å². The number of amides is 1. The first-order chi connectivity index (χ1) is 23.2. The normalized spacial score (nSPS) is 26.8. The molecule has 1 amide bonds. The van der Waals surface area contributed by atoms with E-state index < -0.39 is 17.2 Å². The van der Waals surface area contributed by atoms with E-state index >= 15 is 0 Å². The number of piperidine rings is 4. The molecule has 11 heteroatoms. The minimum Gasteiger partial charge on any atom is -0.496 e.